The molecule has 1 N–H and O–H groups in total. The Kier molecular flexibility index (Phi) is 4.63. The quantitative estimate of drug-likeness (QED) is 0.662. The van der Waals surface area contributed by atoms with E-state index >= 15 is 0 Å². The molecule has 5 nitrogen and oxygen atoms in total. The fourth-order valence-corrected chi connectivity index (χ4v) is 4.02. The topological polar surface area (TPSA) is 66.6 Å². The van der Waals surface area contributed by atoms with Gasteiger partial charge in [0.15, 0.2) is 0 Å². The van der Waals surface area contributed by atoms with Crippen LogP contribution in [0.15, 0.2) is 35.7 Å². The molecule has 2 heterocycles. The Balaban J connectivity index is 1.76. The molecule has 3 rings (SSSR count). The summed E-state index contributed by atoms with van der Waals surface area (Å²) < 4.78 is 0. The smallest absolute Gasteiger partial charge is 0.272 e. The Morgan fingerprint density at radius 3 is 2.96 bits per heavy atom. The van der Waals surface area contributed by atoms with Crippen molar-refractivity contribution in [2.75, 3.05) is 11.4 Å². The summed E-state index contributed by atoms with van der Waals surface area (Å²) >= 11 is 1.58. The van der Waals surface area contributed by atoms with Crippen molar-refractivity contribution >= 4 is 22.7 Å². The molecular formula is C17H20N2O3S. The third kappa shape index (κ3) is 3.38. The van der Waals surface area contributed by atoms with Crippen molar-refractivity contribution in [3.8, 4) is 0 Å². The van der Waals surface area contributed by atoms with Crippen LogP contribution in [0.1, 0.15) is 35.8 Å². The Bertz CT molecular complexity index is 687. The lowest BCUT2D eigenvalue weighted by Crippen LogP contribution is -2.30. The van der Waals surface area contributed by atoms with E-state index in [0.717, 1.165) is 30.0 Å². The van der Waals surface area contributed by atoms with E-state index in [-0.39, 0.29) is 16.7 Å². The van der Waals surface area contributed by atoms with E-state index in [1.165, 1.54) is 0 Å². The minimum Gasteiger partial charge on any atom is -0.387 e. The van der Waals surface area contributed by atoms with E-state index in [9.17, 15) is 15.2 Å². The van der Waals surface area contributed by atoms with Gasteiger partial charge in [0.05, 0.1) is 11.0 Å². The number of thiophene rings is 1. The number of nitro groups is 1. The molecule has 0 saturated carbocycles. The van der Waals surface area contributed by atoms with Gasteiger partial charge in [0.2, 0.25) is 0 Å². The molecule has 2 unspecified atom stereocenters. The highest BCUT2D eigenvalue weighted by Gasteiger charge is 2.28. The summed E-state index contributed by atoms with van der Waals surface area (Å²) in [6, 6.07) is 9.47. The second-order valence-corrected chi connectivity index (χ2v) is 6.96. The third-order valence-corrected chi connectivity index (χ3v) is 5.43. The summed E-state index contributed by atoms with van der Waals surface area (Å²) in [7, 11) is 0. The van der Waals surface area contributed by atoms with Crippen molar-refractivity contribution in [2.45, 2.75) is 38.3 Å². The summed E-state index contributed by atoms with van der Waals surface area (Å²) in [5.41, 5.74) is 1.84. The molecular weight excluding hydrogens is 312 g/mol. The molecule has 23 heavy (non-hydrogen) atoms. The van der Waals surface area contributed by atoms with Crippen LogP contribution >= 0.6 is 11.3 Å². The number of aryl methyl sites for hydroxylation is 1. The molecule has 2 atom stereocenters. The maximum absolute atomic E-state index is 11.0. The first-order valence-electron chi connectivity index (χ1n) is 7.79. The van der Waals surface area contributed by atoms with E-state index < -0.39 is 6.10 Å². The van der Waals surface area contributed by atoms with Gasteiger partial charge in [0.1, 0.15) is 0 Å². The predicted molar refractivity (Wildman–Crippen MR) is 92.1 cm³/mol. The molecule has 0 radical (unpaired) electrons. The monoisotopic (exact) mass is 332 g/mol. The number of nitro benzene ring substituents is 1. The number of hydrogen-bond donors (Lipinski definition) is 1. The molecule has 0 amide bonds. The highest BCUT2D eigenvalue weighted by atomic mass is 32.1. The van der Waals surface area contributed by atoms with Gasteiger partial charge >= 0.3 is 0 Å². The number of aliphatic hydroxyl groups excluding tert-OH is 1. The highest BCUT2D eigenvalue weighted by Crippen LogP contribution is 2.34. The van der Waals surface area contributed by atoms with Crippen LogP contribution < -0.4 is 4.90 Å². The van der Waals surface area contributed by atoms with Crippen molar-refractivity contribution in [3.63, 3.8) is 0 Å². The zero-order valence-corrected chi connectivity index (χ0v) is 13.8. The fourth-order valence-electron chi connectivity index (χ4n) is 3.30. The minimum atomic E-state index is -0.445. The predicted octanol–water partition coefficient (Wildman–Crippen LogP) is 4.06. The third-order valence-electron chi connectivity index (χ3n) is 4.45. The van der Waals surface area contributed by atoms with Gasteiger partial charge in [-0.1, -0.05) is 6.07 Å². The van der Waals surface area contributed by atoms with Crippen LogP contribution in [-0.4, -0.2) is 22.6 Å². The zero-order chi connectivity index (χ0) is 16.4. The van der Waals surface area contributed by atoms with Crippen LogP contribution in [0.4, 0.5) is 11.4 Å². The molecule has 122 valence electrons. The summed E-state index contributed by atoms with van der Waals surface area (Å²) in [5.74, 6) is 0. The number of benzene rings is 1. The largest absolute Gasteiger partial charge is 0.387 e. The first-order chi connectivity index (χ1) is 11.1. The molecule has 1 fully saturated rings. The molecule has 6 heteroatoms. The molecule has 0 bridgehead atoms. The molecule has 1 aliphatic rings. The van der Waals surface area contributed by atoms with Crippen molar-refractivity contribution < 1.29 is 10.0 Å². The minimum absolute atomic E-state index is 0.156. The lowest BCUT2D eigenvalue weighted by molar-refractivity contribution is -0.385. The van der Waals surface area contributed by atoms with Gasteiger partial charge in [-0.2, -0.15) is 0 Å². The number of aliphatic hydroxyl groups is 1. The maximum Gasteiger partial charge on any atom is 0.272 e. The normalized spacial score (nSPS) is 19.0. The van der Waals surface area contributed by atoms with Gasteiger partial charge in [-0.25, -0.2) is 0 Å². The van der Waals surface area contributed by atoms with Gasteiger partial charge in [-0.15, -0.1) is 11.3 Å². The second-order valence-electron chi connectivity index (χ2n) is 5.98. The Morgan fingerprint density at radius 2 is 2.30 bits per heavy atom. The van der Waals surface area contributed by atoms with Gasteiger partial charge in [0.25, 0.3) is 5.69 Å². The summed E-state index contributed by atoms with van der Waals surface area (Å²) in [5, 5.41) is 23.3. The van der Waals surface area contributed by atoms with Crippen LogP contribution in [0, 0.1) is 17.0 Å². The first-order valence-corrected chi connectivity index (χ1v) is 8.67. The molecule has 1 aliphatic heterocycles. The molecule has 1 aromatic heterocycles. The van der Waals surface area contributed by atoms with Crippen molar-refractivity contribution in [1.82, 2.24) is 0 Å². The lowest BCUT2D eigenvalue weighted by atomic mass is 10.0. The molecule has 2 aromatic rings. The summed E-state index contributed by atoms with van der Waals surface area (Å²) in [6.07, 6.45) is 2.37. The Labute approximate surface area is 139 Å². The van der Waals surface area contributed by atoms with Crippen LogP contribution in [-0.2, 0) is 0 Å². The van der Waals surface area contributed by atoms with E-state index in [4.69, 9.17) is 0 Å². The number of hydrogen-bond acceptors (Lipinski definition) is 5. The number of anilines is 1. The SMILES string of the molecule is Cc1cc(N2CCCC2CC(O)c2cccs2)ccc1[N+](=O)[O-]. The number of rotatable bonds is 5. The first kappa shape index (κ1) is 16.0. The molecule has 0 aliphatic carbocycles. The van der Waals surface area contributed by atoms with Crippen LogP contribution in [0.3, 0.4) is 0 Å². The van der Waals surface area contributed by atoms with Crippen molar-refractivity contribution in [1.29, 1.82) is 0 Å². The van der Waals surface area contributed by atoms with Gasteiger partial charge in [-0.3, -0.25) is 10.1 Å². The lowest BCUT2D eigenvalue weighted by Gasteiger charge is -2.28. The van der Waals surface area contributed by atoms with Gasteiger partial charge in [0, 0.05) is 34.8 Å². The highest BCUT2D eigenvalue weighted by molar-refractivity contribution is 7.10. The number of nitrogens with zero attached hydrogens (tertiary/aromatic N) is 2. The molecule has 1 saturated heterocycles. The van der Waals surface area contributed by atoms with E-state index in [2.05, 4.69) is 4.90 Å². The van der Waals surface area contributed by atoms with Crippen LogP contribution in [0.25, 0.3) is 0 Å². The second kappa shape index (κ2) is 6.68. The van der Waals surface area contributed by atoms with E-state index in [0.29, 0.717) is 12.0 Å². The standard InChI is InChI=1S/C17H20N2O3S/c1-12-10-14(6-7-15(12)19(21)22)18-8-2-4-13(18)11-16(20)17-5-3-9-23-17/h3,5-7,9-10,13,16,20H,2,4,8,11H2,1H3. The van der Waals surface area contributed by atoms with Crippen molar-refractivity contribution in [2.24, 2.45) is 0 Å². The van der Waals surface area contributed by atoms with E-state index in [1.807, 2.05) is 29.6 Å². The summed E-state index contributed by atoms with van der Waals surface area (Å²) in [6.45, 7) is 2.70. The van der Waals surface area contributed by atoms with Crippen molar-refractivity contribution in [3.05, 3.63) is 56.3 Å². The fraction of sp³-hybridized carbons (Fsp3) is 0.412. The maximum atomic E-state index is 11.0. The van der Waals surface area contributed by atoms with Gasteiger partial charge < -0.3 is 10.0 Å². The van der Waals surface area contributed by atoms with Crippen LogP contribution in [0.2, 0.25) is 0 Å². The molecule has 0 spiro atoms. The average molecular weight is 332 g/mol. The molecule has 1 aromatic carbocycles. The Morgan fingerprint density at radius 1 is 1.48 bits per heavy atom. The average Bonchev–Trinajstić information content (AvgIpc) is 3.18. The van der Waals surface area contributed by atoms with Gasteiger partial charge in [-0.05, 0) is 49.8 Å². The zero-order valence-electron chi connectivity index (χ0n) is 13.0. The van der Waals surface area contributed by atoms with Crippen LogP contribution in [0.5, 0.6) is 0 Å². The van der Waals surface area contributed by atoms with E-state index in [1.54, 1.807) is 24.3 Å². The Hall–Kier alpha value is -1.92. The summed E-state index contributed by atoms with van der Waals surface area (Å²) in [4.78, 5) is 13.9.